The number of benzene rings is 1. The van der Waals surface area contributed by atoms with Crippen molar-refractivity contribution in [2.45, 2.75) is 44.8 Å². The van der Waals surface area contributed by atoms with Crippen molar-refractivity contribution < 1.29 is 0 Å². The van der Waals surface area contributed by atoms with Crippen LogP contribution in [0.2, 0.25) is 0 Å². The molecule has 1 unspecified atom stereocenters. The van der Waals surface area contributed by atoms with Crippen molar-refractivity contribution in [1.29, 1.82) is 0 Å². The van der Waals surface area contributed by atoms with E-state index in [0.717, 1.165) is 62.3 Å². The number of para-hydroxylation sites is 2. The smallest absolute Gasteiger partial charge is 0.126 e. The van der Waals surface area contributed by atoms with Gasteiger partial charge in [0.1, 0.15) is 11.6 Å². The summed E-state index contributed by atoms with van der Waals surface area (Å²) in [5, 5.41) is 0. The van der Waals surface area contributed by atoms with Crippen LogP contribution in [0.1, 0.15) is 43.4 Å². The molecule has 6 heteroatoms. The van der Waals surface area contributed by atoms with Gasteiger partial charge in [0, 0.05) is 18.9 Å². The molecule has 0 spiro atoms. The predicted molar refractivity (Wildman–Crippen MR) is 99.0 cm³/mol. The lowest BCUT2D eigenvalue weighted by Crippen LogP contribution is -2.34. The van der Waals surface area contributed by atoms with Crippen LogP contribution < -0.4 is 5.73 Å². The minimum absolute atomic E-state index is 0.356. The second kappa shape index (κ2) is 7.37. The number of unbranched alkanes of at least 4 members (excludes halogenated alkanes) is 1. The van der Waals surface area contributed by atoms with E-state index in [9.17, 15) is 0 Å². The summed E-state index contributed by atoms with van der Waals surface area (Å²) in [7, 11) is 0. The third kappa shape index (κ3) is 3.45. The summed E-state index contributed by atoms with van der Waals surface area (Å²) in [5.41, 5.74) is 7.84. The van der Waals surface area contributed by atoms with Gasteiger partial charge in [-0.2, -0.15) is 0 Å². The molecule has 0 bridgehead atoms. The molecule has 3 aromatic rings. The molecule has 0 amide bonds. The fraction of sp³-hybridized carbons (Fsp3) is 0.474. The maximum absolute atomic E-state index is 5.70. The van der Waals surface area contributed by atoms with Gasteiger partial charge in [0.05, 0.1) is 23.6 Å². The van der Waals surface area contributed by atoms with Crippen molar-refractivity contribution >= 4 is 11.0 Å². The number of imidazole rings is 2. The van der Waals surface area contributed by atoms with Gasteiger partial charge in [-0.25, -0.2) is 9.97 Å². The van der Waals surface area contributed by atoms with E-state index in [1.165, 1.54) is 12.2 Å². The van der Waals surface area contributed by atoms with Crippen LogP contribution in [0, 0.1) is 0 Å². The molecule has 0 fully saturated rings. The predicted octanol–water partition coefficient (Wildman–Crippen LogP) is 2.84. The minimum atomic E-state index is 0.356. The number of aromatic amines is 1. The number of nitrogens with two attached hydrogens (primary N) is 1. The molecule has 0 radical (unpaired) electrons. The molecule has 3 heterocycles. The van der Waals surface area contributed by atoms with Crippen molar-refractivity contribution in [2.75, 3.05) is 13.1 Å². The van der Waals surface area contributed by atoms with E-state index in [1.54, 1.807) is 0 Å². The standard InChI is InChI=1S/C19H26N6/c20-9-3-4-11-25(17-8-5-12-24-13-10-21-19(17)24)14-18-22-15-6-1-2-7-16(15)23-18/h1-2,6-7,10,13,17H,3-5,8-9,11-12,14,20H2,(H,22,23). The summed E-state index contributed by atoms with van der Waals surface area (Å²) in [4.78, 5) is 15.4. The Hall–Kier alpha value is -2.18. The molecule has 1 aromatic carbocycles. The van der Waals surface area contributed by atoms with E-state index >= 15 is 0 Å². The molecule has 4 rings (SSSR count). The fourth-order valence-corrected chi connectivity index (χ4v) is 3.81. The van der Waals surface area contributed by atoms with Gasteiger partial charge >= 0.3 is 0 Å². The third-order valence-corrected chi connectivity index (χ3v) is 5.05. The summed E-state index contributed by atoms with van der Waals surface area (Å²) in [6.45, 7) is 3.66. The molecule has 1 aliphatic heterocycles. The first-order valence-electron chi connectivity index (χ1n) is 9.24. The van der Waals surface area contributed by atoms with Gasteiger partial charge in [0.25, 0.3) is 0 Å². The van der Waals surface area contributed by atoms with Crippen molar-refractivity contribution in [3.8, 4) is 0 Å². The van der Waals surface area contributed by atoms with E-state index in [1.807, 2.05) is 18.3 Å². The van der Waals surface area contributed by atoms with Gasteiger partial charge < -0.3 is 15.3 Å². The molecule has 132 valence electrons. The summed E-state index contributed by atoms with van der Waals surface area (Å²) >= 11 is 0. The first-order chi connectivity index (χ1) is 12.3. The van der Waals surface area contributed by atoms with Gasteiger partial charge in [-0.05, 0) is 50.9 Å². The fourth-order valence-electron chi connectivity index (χ4n) is 3.81. The molecule has 1 atom stereocenters. The third-order valence-electron chi connectivity index (χ3n) is 5.05. The Kier molecular flexibility index (Phi) is 4.81. The molecular weight excluding hydrogens is 312 g/mol. The normalized spacial score (nSPS) is 17.3. The van der Waals surface area contributed by atoms with Gasteiger partial charge in [-0.3, -0.25) is 4.90 Å². The van der Waals surface area contributed by atoms with Crippen LogP contribution in [0.15, 0.2) is 36.7 Å². The molecule has 0 saturated heterocycles. The monoisotopic (exact) mass is 338 g/mol. The Morgan fingerprint density at radius 1 is 1.28 bits per heavy atom. The zero-order valence-corrected chi connectivity index (χ0v) is 14.6. The maximum atomic E-state index is 5.70. The lowest BCUT2D eigenvalue weighted by atomic mass is 10.0. The Morgan fingerprint density at radius 3 is 3.08 bits per heavy atom. The van der Waals surface area contributed by atoms with Crippen LogP contribution in [-0.2, 0) is 13.1 Å². The molecule has 3 N–H and O–H groups in total. The quantitative estimate of drug-likeness (QED) is 0.650. The first-order valence-corrected chi connectivity index (χ1v) is 9.24. The van der Waals surface area contributed by atoms with Gasteiger partial charge in [0.2, 0.25) is 0 Å². The molecule has 6 nitrogen and oxygen atoms in total. The number of hydrogen-bond acceptors (Lipinski definition) is 4. The number of fused-ring (bicyclic) bond motifs is 2. The second-order valence-corrected chi connectivity index (χ2v) is 6.80. The molecule has 0 saturated carbocycles. The SMILES string of the molecule is NCCCCN(Cc1nc2ccccc2[nH]1)C1CCCn2ccnc21. The highest BCUT2D eigenvalue weighted by Crippen LogP contribution is 2.30. The largest absolute Gasteiger partial charge is 0.341 e. The average Bonchev–Trinajstić information content (AvgIpc) is 3.26. The van der Waals surface area contributed by atoms with E-state index in [2.05, 4.69) is 37.8 Å². The lowest BCUT2D eigenvalue weighted by Gasteiger charge is -2.34. The Morgan fingerprint density at radius 2 is 2.20 bits per heavy atom. The topological polar surface area (TPSA) is 75.8 Å². The highest BCUT2D eigenvalue weighted by molar-refractivity contribution is 5.74. The second-order valence-electron chi connectivity index (χ2n) is 6.80. The highest BCUT2D eigenvalue weighted by Gasteiger charge is 2.27. The molecule has 1 aliphatic rings. The summed E-state index contributed by atoms with van der Waals surface area (Å²) < 4.78 is 2.29. The number of rotatable bonds is 7. The Bertz CT molecular complexity index is 787. The van der Waals surface area contributed by atoms with E-state index in [0.29, 0.717) is 6.04 Å². The number of aromatic nitrogens is 4. The zero-order chi connectivity index (χ0) is 17.1. The van der Waals surface area contributed by atoms with E-state index < -0.39 is 0 Å². The number of nitrogens with zero attached hydrogens (tertiary/aromatic N) is 4. The first kappa shape index (κ1) is 16.3. The van der Waals surface area contributed by atoms with Gasteiger partial charge in [0.15, 0.2) is 0 Å². The zero-order valence-electron chi connectivity index (χ0n) is 14.6. The molecule has 25 heavy (non-hydrogen) atoms. The maximum Gasteiger partial charge on any atom is 0.126 e. The number of nitrogens with one attached hydrogen (secondary N) is 1. The van der Waals surface area contributed by atoms with E-state index in [4.69, 9.17) is 10.7 Å². The Balaban J connectivity index is 1.58. The minimum Gasteiger partial charge on any atom is -0.341 e. The highest BCUT2D eigenvalue weighted by atomic mass is 15.2. The van der Waals surface area contributed by atoms with Crippen LogP contribution in [0.4, 0.5) is 0 Å². The Labute approximate surface area is 148 Å². The molecular formula is C19H26N6. The van der Waals surface area contributed by atoms with Crippen molar-refractivity contribution in [1.82, 2.24) is 24.4 Å². The average molecular weight is 338 g/mol. The lowest BCUT2D eigenvalue weighted by molar-refractivity contribution is 0.146. The van der Waals surface area contributed by atoms with E-state index in [-0.39, 0.29) is 0 Å². The molecule has 0 aliphatic carbocycles. The van der Waals surface area contributed by atoms with Crippen LogP contribution in [-0.4, -0.2) is 37.5 Å². The van der Waals surface area contributed by atoms with Crippen LogP contribution in [0.25, 0.3) is 11.0 Å². The van der Waals surface area contributed by atoms with Gasteiger partial charge in [-0.1, -0.05) is 12.1 Å². The van der Waals surface area contributed by atoms with Crippen molar-refractivity contribution in [3.63, 3.8) is 0 Å². The summed E-state index contributed by atoms with van der Waals surface area (Å²) in [6.07, 6.45) is 8.53. The number of hydrogen-bond donors (Lipinski definition) is 2. The van der Waals surface area contributed by atoms with Crippen LogP contribution in [0.5, 0.6) is 0 Å². The van der Waals surface area contributed by atoms with Crippen molar-refractivity contribution in [3.05, 3.63) is 48.3 Å². The number of H-pyrrole nitrogens is 1. The van der Waals surface area contributed by atoms with Gasteiger partial charge in [-0.15, -0.1) is 0 Å². The summed E-state index contributed by atoms with van der Waals surface area (Å²) in [6, 6.07) is 8.57. The number of aryl methyl sites for hydroxylation is 1. The van der Waals surface area contributed by atoms with Crippen LogP contribution >= 0.6 is 0 Å². The van der Waals surface area contributed by atoms with Crippen molar-refractivity contribution in [2.24, 2.45) is 5.73 Å². The molecule has 2 aromatic heterocycles. The van der Waals surface area contributed by atoms with Crippen LogP contribution in [0.3, 0.4) is 0 Å². The summed E-state index contributed by atoms with van der Waals surface area (Å²) in [5.74, 6) is 2.22.